The first-order valence-corrected chi connectivity index (χ1v) is 9.62. The molecule has 3 aromatic carbocycles. The number of carbonyl (C=O) groups excluding carboxylic acids is 1. The fourth-order valence-corrected chi connectivity index (χ4v) is 3.42. The number of aliphatic hydroxyl groups excluding tert-OH is 1. The van der Waals surface area contributed by atoms with Gasteiger partial charge in [-0.3, -0.25) is 4.79 Å². The largest absolute Gasteiger partial charge is 0.483 e. The van der Waals surface area contributed by atoms with E-state index in [2.05, 4.69) is 5.32 Å². The molecule has 6 heteroatoms. The Hall–Kier alpha value is -3.64. The maximum Gasteiger partial charge on any atom is 0.344 e. The Bertz CT molecular complexity index is 1260. The second kappa shape index (κ2) is 8.39. The van der Waals surface area contributed by atoms with Gasteiger partial charge in [-0.05, 0) is 36.1 Å². The molecule has 0 aliphatic rings. The van der Waals surface area contributed by atoms with Crippen LogP contribution in [0.15, 0.2) is 75.9 Å². The molecule has 4 aromatic rings. The third kappa shape index (κ3) is 3.90. The Morgan fingerprint density at radius 2 is 1.70 bits per heavy atom. The van der Waals surface area contributed by atoms with Crippen LogP contribution in [0.3, 0.4) is 0 Å². The highest BCUT2D eigenvalue weighted by molar-refractivity contribution is 6.05. The second-order valence-corrected chi connectivity index (χ2v) is 7.02. The molecule has 0 aliphatic heterocycles. The predicted octanol–water partition coefficient (Wildman–Crippen LogP) is 3.48. The Kier molecular flexibility index (Phi) is 5.50. The Labute approximate surface area is 172 Å². The van der Waals surface area contributed by atoms with Gasteiger partial charge in [0.1, 0.15) is 11.3 Å². The quantitative estimate of drug-likeness (QED) is 0.380. The van der Waals surface area contributed by atoms with Crippen molar-refractivity contribution in [2.45, 2.75) is 13.0 Å². The number of hydrogen-bond donors (Lipinski definition) is 2. The molecule has 4 rings (SSSR count). The highest BCUT2D eigenvalue weighted by Gasteiger charge is 2.14. The van der Waals surface area contributed by atoms with Crippen molar-refractivity contribution in [3.8, 4) is 5.75 Å². The number of hydrogen-bond acceptors (Lipinski definition) is 5. The van der Waals surface area contributed by atoms with E-state index in [-0.39, 0.29) is 19.1 Å². The molecule has 1 atom stereocenters. The van der Waals surface area contributed by atoms with Gasteiger partial charge in [0.2, 0.25) is 0 Å². The minimum Gasteiger partial charge on any atom is -0.483 e. The topological polar surface area (TPSA) is 88.8 Å². The number of aryl methyl sites for hydroxylation is 1. The van der Waals surface area contributed by atoms with Gasteiger partial charge in [-0.2, -0.15) is 0 Å². The lowest BCUT2D eigenvalue weighted by atomic mass is 10.0. The molecule has 0 bridgehead atoms. The summed E-state index contributed by atoms with van der Waals surface area (Å²) in [4.78, 5) is 24.4. The van der Waals surface area contributed by atoms with E-state index in [9.17, 15) is 14.7 Å². The number of fused-ring (bicyclic) bond motifs is 3. The third-order valence-corrected chi connectivity index (χ3v) is 5.02. The zero-order valence-electron chi connectivity index (χ0n) is 16.4. The first kappa shape index (κ1) is 19.7. The van der Waals surface area contributed by atoms with Gasteiger partial charge in [0.25, 0.3) is 5.91 Å². The van der Waals surface area contributed by atoms with E-state index in [0.717, 1.165) is 16.3 Å². The van der Waals surface area contributed by atoms with Gasteiger partial charge in [0.05, 0.1) is 11.5 Å². The molecular formula is C24H21NO5. The van der Waals surface area contributed by atoms with Gasteiger partial charge in [-0.15, -0.1) is 0 Å². The van der Waals surface area contributed by atoms with E-state index in [1.807, 2.05) is 36.4 Å². The van der Waals surface area contributed by atoms with E-state index in [1.54, 1.807) is 37.3 Å². The normalized spacial score (nSPS) is 12.1. The summed E-state index contributed by atoms with van der Waals surface area (Å²) < 4.78 is 11.2. The van der Waals surface area contributed by atoms with Crippen molar-refractivity contribution < 1.29 is 19.1 Å². The van der Waals surface area contributed by atoms with Crippen molar-refractivity contribution in [2.75, 3.05) is 13.2 Å². The molecule has 30 heavy (non-hydrogen) atoms. The van der Waals surface area contributed by atoms with Gasteiger partial charge in [0.15, 0.2) is 6.61 Å². The number of benzene rings is 3. The van der Waals surface area contributed by atoms with Crippen LogP contribution in [0.4, 0.5) is 0 Å². The van der Waals surface area contributed by atoms with Crippen LogP contribution >= 0.6 is 0 Å². The standard InChI is InChI=1S/C24H21NO5/c1-15-21(29-14-22(27)25-13-20(26)16-7-3-2-4-8-16)12-11-18-17-9-5-6-10-19(17)24(28)30-23(15)18/h2-12,20,26H,13-14H2,1H3,(H,25,27). The van der Waals surface area contributed by atoms with Crippen LogP contribution in [0, 0.1) is 6.92 Å². The lowest BCUT2D eigenvalue weighted by Gasteiger charge is -2.14. The Morgan fingerprint density at radius 1 is 1.00 bits per heavy atom. The fourth-order valence-electron chi connectivity index (χ4n) is 3.42. The molecule has 1 heterocycles. The summed E-state index contributed by atoms with van der Waals surface area (Å²) in [6.07, 6.45) is -0.792. The third-order valence-electron chi connectivity index (χ3n) is 5.02. The molecule has 0 radical (unpaired) electrons. The molecule has 0 saturated heterocycles. The highest BCUT2D eigenvalue weighted by atomic mass is 16.5. The van der Waals surface area contributed by atoms with Crippen molar-refractivity contribution in [1.29, 1.82) is 0 Å². The summed E-state index contributed by atoms with van der Waals surface area (Å²) in [5, 5.41) is 14.9. The molecule has 1 aromatic heterocycles. The number of amides is 1. The van der Waals surface area contributed by atoms with Crippen molar-refractivity contribution in [3.05, 3.63) is 88.3 Å². The van der Waals surface area contributed by atoms with Gasteiger partial charge < -0.3 is 19.6 Å². The monoisotopic (exact) mass is 403 g/mol. The minimum absolute atomic E-state index is 0.0871. The smallest absolute Gasteiger partial charge is 0.344 e. The lowest BCUT2D eigenvalue weighted by molar-refractivity contribution is -0.123. The minimum atomic E-state index is -0.792. The van der Waals surface area contributed by atoms with Crippen LogP contribution in [0.2, 0.25) is 0 Å². The van der Waals surface area contributed by atoms with E-state index < -0.39 is 11.7 Å². The molecular weight excluding hydrogens is 382 g/mol. The van der Waals surface area contributed by atoms with Crippen molar-refractivity contribution in [3.63, 3.8) is 0 Å². The molecule has 0 aliphatic carbocycles. The predicted molar refractivity (Wildman–Crippen MR) is 115 cm³/mol. The van der Waals surface area contributed by atoms with Crippen molar-refractivity contribution in [1.82, 2.24) is 5.32 Å². The van der Waals surface area contributed by atoms with Crippen LogP contribution in [-0.4, -0.2) is 24.2 Å². The SMILES string of the molecule is Cc1c(OCC(=O)NCC(O)c2ccccc2)ccc2c1oc(=O)c1ccccc12. The number of rotatable bonds is 6. The van der Waals surface area contributed by atoms with Crippen molar-refractivity contribution >= 4 is 27.6 Å². The first-order valence-electron chi connectivity index (χ1n) is 9.62. The average Bonchev–Trinajstić information content (AvgIpc) is 2.78. The lowest BCUT2D eigenvalue weighted by Crippen LogP contribution is -2.32. The average molecular weight is 403 g/mol. The fraction of sp³-hybridized carbons (Fsp3) is 0.167. The zero-order valence-corrected chi connectivity index (χ0v) is 16.4. The molecule has 0 fully saturated rings. The summed E-state index contributed by atoms with van der Waals surface area (Å²) in [5.74, 6) is 0.101. The van der Waals surface area contributed by atoms with Crippen LogP contribution in [0.25, 0.3) is 21.7 Å². The summed E-state index contributed by atoms with van der Waals surface area (Å²) in [5.41, 5.74) is 1.40. The molecule has 0 spiro atoms. The molecule has 2 N–H and O–H groups in total. The molecule has 1 unspecified atom stereocenters. The Morgan fingerprint density at radius 3 is 2.47 bits per heavy atom. The highest BCUT2D eigenvalue weighted by Crippen LogP contribution is 2.30. The van der Waals surface area contributed by atoms with Crippen LogP contribution in [-0.2, 0) is 4.79 Å². The summed E-state index contributed by atoms with van der Waals surface area (Å²) in [7, 11) is 0. The second-order valence-electron chi connectivity index (χ2n) is 7.02. The number of nitrogens with one attached hydrogen (secondary N) is 1. The van der Waals surface area contributed by atoms with Crippen LogP contribution in [0.1, 0.15) is 17.2 Å². The maximum absolute atomic E-state index is 12.3. The van der Waals surface area contributed by atoms with E-state index in [1.165, 1.54) is 0 Å². The number of carbonyl (C=O) groups is 1. The number of aliphatic hydroxyl groups is 1. The zero-order chi connectivity index (χ0) is 21.1. The van der Waals surface area contributed by atoms with Gasteiger partial charge in [0, 0.05) is 17.5 Å². The van der Waals surface area contributed by atoms with Crippen molar-refractivity contribution in [2.24, 2.45) is 0 Å². The Balaban J connectivity index is 1.46. The molecule has 0 saturated carbocycles. The van der Waals surface area contributed by atoms with Crippen LogP contribution < -0.4 is 15.7 Å². The summed E-state index contributed by atoms with van der Waals surface area (Å²) in [6, 6.07) is 20.0. The van der Waals surface area contributed by atoms with E-state index in [0.29, 0.717) is 22.3 Å². The first-order chi connectivity index (χ1) is 14.5. The number of ether oxygens (including phenoxy) is 1. The molecule has 1 amide bonds. The molecule has 6 nitrogen and oxygen atoms in total. The summed E-state index contributed by atoms with van der Waals surface area (Å²) in [6.45, 7) is 1.65. The molecule has 152 valence electrons. The maximum atomic E-state index is 12.3. The summed E-state index contributed by atoms with van der Waals surface area (Å²) >= 11 is 0. The van der Waals surface area contributed by atoms with E-state index in [4.69, 9.17) is 9.15 Å². The van der Waals surface area contributed by atoms with Gasteiger partial charge >= 0.3 is 5.63 Å². The van der Waals surface area contributed by atoms with Gasteiger partial charge in [-0.1, -0.05) is 48.5 Å². The van der Waals surface area contributed by atoms with Crippen LogP contribution in [0.5, 0.6) is 5.75 Å². The van der Waals surface area contributed by atoms with Gasteiger partial charge in [-0.25, -0.2) is 4.79 Å². The van der Waals surface area contributed by atoms with E-state index >= 15 is 0 Å².